The van der Waals surface area contributed by atoms with Gasteiger partial charge in [0.15, 0.2) is 0 Å². The molecule has 0 fully saturated rings. The molecular weight excluding hydrogens is 693 g/mol. The number of nitrogens with zero attached hydrogens (tertiary/aromatic N) is 4. The molecule has 3 atom stereocenters. The molecule has 18 heteroatoms. The highest BCUT2D eigenvalue weighted by molar-refractivity contribution is 6.31. The van der Waals surface area contributed by atoms with Gasteiger partial charge in [0.05, 0.1) is 28.5 Å². The Morgan fingerprint density at radius 1 is 1.08 bits per heavy atom. The average molecular weight is 719 g/mol. The number of anilines is 4. The second-order valence-electron chi connectivity index (χ2n) is 11.6. The maximum atomic E-state index is 15.2. The zero-order chi connectivity index (χ0) is 37.2. The summed E-state index contributed by atoms with van der Waals surface area (Å²) in [5.41, 5.74) is -9.44. The Labute approximate surface area is 288 Å². The van der Waals surface area contributed by atoms with E-state index in [9.17, 15) is 35.8 Å². The van der Waals surface area contributed by atoms with Crippen molar-refractivity contribution in [2.45, 2.75) is 43.8 Å². The standard InChI is InChI=1S/C32H25B2ClF8N6O/c1-6-49(29(38)39)27-22(48(5)32(34,50)30(4,33)40)12-21(24-23(27)13(2)44-26(24)17-9-15(36)7-8-20(17)35)47-28-18-10-16(37)11-19(31(41,42)43)25(18)45-14(3)46-28/h6-12,26,29,44,50H,1-2H2,3-5H3,(H,45,46,47). The van der Waals surface area contributed by atoms with E-state index >= 15 is 4.39 Å². The molecule has 2 heterocycles. The minimum absolute atomic E-state index is 0.00957. The lowest BCUT2D eigenvalue weighted by Crippen LogP contribution is -2.61. The Hall–Kier alpha value is -4.50. The van der Waals surface area contributed by atoms with E-state index in [1.54, 1.807) is 0 Å². The fourth-order valence-corrected chi connectivity index (χ4v) is 5.94. The van der Waals surface area contributed by atoms with Gasteiger partial charge in [0, 0.05) is 51.7 Å². The quantitative estimate of drug-likeness (QED) is 0.0714. The van der Waals surface area contributed by atoms with Gasteiger partial charge in [0.1, 0.15) is 50.2 Å². The van der Waals surface area contributed by atoms with E-state index in [0.717, 1.165) is 44.4 Å². The van der Waals surface area contributed by atoms with Crippen LogP contribution in [0.3, 0.4) is 0 Å². The third-order valence-electron chi connectivity index (χ3n) is 8.19. The lowest BCUT2D eigenvalue weighted by Gasteiger charge is -2.45. The maximum absolute atomic E-state index is 15.2. The van der Waals surface area contributed by atoms with Crippen LogP contribution in [-0.2, 0) is 6.18 Å². The third kappa shape index (κ3) is 6.32. The molecule has 0 spiro atoms. The first-order chi connectivity index (χ1) is 23.1. The lowest BCUT2D eigenvalue weighted by molar-refractivity contribution is -0.136. The predicted molar refractivity (Wildman–Crippen MR) is 177 cm³/mol. The molecule has 7 nitrogen and oxygen atoms in total. The summed E-state index contributed by atoms with van der Waals surface area (Å²) in [5, 5.41) is 16.5. The number of aromatic nitrogens is 2. The summed E-state index contributed by atoms with van der Waals surface area (Å²) >= 11 is 6.47. The second kappa shape index (κ2) is 12.7. The highest BCUT2D eigenvalue weighted by atomic mass is 35.5. The molecule has 50 heavy (non-hydrogen) atoms. The van der Waals surface area contributed by atoms with Gasteiger partial charge in [-0.15, -0.1) is 0 Å². The van der Waals surface area contributed by atoms with Crippen molar-refractivity contribution in [2.24, 2.45) is 0 Å². The molecule has 4 aromatic rings. The van der Waals surface area contributed by atoms with Crippen molar-refractivity contribution < 1.29 is 40.2 Å². The van der Waals surface area contributed by atoms with Gasteiger partial charge in [0.25, 0.3) is 0 Å². The van der Waals surface area contributed by atoms with Gasteiger partial charge in [-0.25, -0.2) is 18.7 Å². The van der Waals surface area contributed by atoms with Gasteiger partial charge in [0.2, 0.25) is 0 Å². The van der Waals surface area contributed by atoms with Gasteiger partial charge in [-0.1, -0.05) is 24.8 Å². The zero-order valence-electron chi connectivity index (χ0n) is 26.4. The van der Waals surface area contributed by atoms with Gasteiger partial charge in [-0.05, 0) is 50.2 Å². The smallest absolute Gasteiger partial charge is 0.378 e. The molecule has 0 saturated carbocycles. The van der Waals surface area contributed by atoms with Crippen LogP contribution in [-0.4, -0.2) is 55.6 Å². The molecule has 3 aromatic carbocycles. The molecule has 3 unspecified atom stereocenters. The number of rotatable bonds is 9. The number of hydrogen-bond donors (Lipinski definition) is 3. The van der Waals surface area contributed by atoms with Gasteiger partial charge >= 0.3 is 12.7 Å². The Morgan fingerprint density at radius 2 is 1.74 bits per heavy atom. The summed E-state index contributed by atoms with van der Waals surface area (Å²) in [7, 11) is 12.5. The summed E-state index contributed by atoms with van der Waals surface area (Å²) < 4.78 is 116. The molecule has 3 N–H and O–H groups in total. The first-order valence-electron chi connectivity index (χ1n) is 14.4. The first kappa shape index (κ1) is 36.8. The fourth-order valence-electron chi connectivity index (χ4n) is 5.71. The van der Waals surface area contributed by atoms with E-state index in [1.807, 2.05) is 0 Å². The number of nitrogens with one attached hydrogen (secondary N) is 2. The fraction of sp³-hybridized carbons (Fsp3) is 0.250. The van der Waals surface area contributed by atoms with E-state index in [2.05, 4.69) is 33.8 Å². The molecule has 4 radical (unpaired) electrons. The van der Waals surface area contributed by atoms with Crippen molar-refractivity contribution in [3.63, 3.8) is 0 Å². The largest absolute Gasteiger partial charge is 0.418 e. The summed E-state index contributed by atoms with van der Waals surface area (Å²) in [6, 6.07) is 4.29. The molecule has 1 aliphatic heterocycles. The SMILES string of the molecule is [B]C(C)(F)C([B])(O)N(C)c1cc(Nc2nc(C)nc3c(C(F)(F)F)cc(F)cc23)c2c(c1N(C=C)C(F)F)C(=C)NC2c1cc(F)ccc1Cl. The highest BCUT2D eigenvalue weighted by Crippen LogP contribution is 2.53. The minimum Gasteiger partial charge on any atom is -0.378 e. The van der Waals surface area contributed by atoms with E-state index < -0.39 is 69.4 Å². The van der Waals surface area contributed by atoms with Crippen molar-refractivity contribution >= 4 is 66.8 Å². The number of alkyl halides is 6. The number of aliphatic hydroxyl groups is 1. The molecule has 1 aliphatic rings. The lowest BCUT2D eigenvalue weighted by atomic mass is 9.65. The van der Waals surface area contributed by atoms with E-state index in [1.165, 1.54) is 13.0 Å². The molecule has 0 saturated heterocycles. The van der Waals surface area contributed by atoms with Crippen LogP contribution in [0.15, 0.2) is 55.8 Å². The van der Waals surface area contributed by atoms with E-state index in [4.69, 9.17) is 27.3 Å². The third-order valence-corrected chi connectivity index (χ3v) is 8.54. The van der Waals surface area contributed by atoms with Crippen molar-refractivity contribution in [1.82, 2.24) is 15.3 Å². The molecule has 258 valence electrons. The molecule has 1 aromatic heterocycles. The summed E-state index contributed by atoms with van der Waals surface area (Å²) in [5.74, 6) is -2.58. The molecule has 0 bridgehead atoms. The van der Waals surface area contributed by atoms with Crippen LogP contribution in [0.5, 0.6) is 0 Å². The molecule has 0 aliphatic carbocycles. The van der Waals surface area contributed by atoms with Gasteiger partial charge in [-0.2, -0.15) is 22.0 Å². The van der Waals surface area contributed by atoms with Crippen molar-refractivity contribution in [3.05, 3.63) is 100 Å². The maximum Gasteiger partial charge on any atom is 0.418 e. The first-order valence-corrected chi connectivity index (χ1v) is 14.8. The monoisotopic (exact) mass is 718 g/mol. The van der Waals surface area contributed by atoms with Crippen LogP contribution in [0.4, 0.5) is 58.0 Å². The average Bonchev–Trinajstić information content (AvgIpc) is 3.34. The van der Waals surface area contributed by atoms with Crippen LogP contribution in [0.2, 0.25) is 5.02 Å². The van der Waals surface area contributed by atoms with Crippen molar-refractivity contribution in [3.8, 4) is 0 Å². The molecule has 0 amide bonds. The Kier molecular flexibility index (Phi) is 9.32. The zero-order valence-corrected chi connectivity index (χ0v) is 27.2. The van der Waals surface area contributed by atoms with Crippen molar-refractivity contribution in [2.75, 3.05) is 22.2 Å². The van der Waals surface area contributed by atoms with Crippen LogP contribution in [0.25, 0.3) is 16.6 Å². The second-order valence-corrected chi connectivity index (χ2v) is 12.0. The van der Waals surface area contributed by atoms with E-state index in [0.29, 0.717) is 9.80 Å². The number of halogens is 9. The predicted octanol–water partition coefficient (Wildman–Crippen LogP) is 7.57. The number of benzene rings is 3. The highest BCUT2D eigenvalue weighted by Gasteiger charge is 2.45. The topological polar surface area (TPSA) is 76.5 Å². The Morgan fingerprint density at radius 3 is 2.32 bits per heavy atom. The summed E-state index contributed by atoms with van der Waals surface area (Å²) in [6.45, 7) is 6.08. The van der Waals surface area contributed by atoms with Crippen LogP contribution in [0, 0.1) is 18.6 Å². The molecular formula is C32H25B2ClF8N6O. The number of hydrogen-bond acceptors (Lipinski definition) is 7. The van der Waals surface area contributed by atoms with Gasteiger partial charge in [-0.3, -0.25) is 9.29 Å². The van der Waals surface area contributed by atoms with Gasteiger partial charge < -0.3 is 20.6 Å². The Bertz CT molecular complexity index is 2040. The van der Waals surface area contributed by atoms with Crippen LogP contribution in [0.1, 0.15) is 41.0 Å². The molecule has 5 rings (SSSR count). The van der Waals surface area contributed by atoms with Crippen molar-refractivity contribution in [1.29, 1.82) is 0 Å². The normalized spacial score (nSPS) is 16.8. The Balaban J connectivity index is 1.93. The van der Waals surface area contributed by atoms with Crippen LogP contribution < -0.4 is 20.4 Å². The van der Waals surface area contributed by atoms with Crippen LogP contribution >= 0.6 is 11.6 Å². The minimum atomic E-state index is -5.03. The number of aryl methyl sites for hydroxylation is 1. The summed E-state index contributed by atoms with van der Waals surface area (Å²) in [6.07, 6.45) is -4.30. The summed E-state index contributed by atoms with van der Waals surface area (Å²) in [4.78, 5) is 9.09. The number of fused-ring (bicyclic) bond motifs is 2. The van der Waals surface area contributed by atoms with E-state index in [-0.39, 0.29) is 50.8 Å².